The molecule has 3 aliphatic rings. The molecule has 630 valence electrons. The minimum Gasteiger partial charge on any atom is -0.354 e. The Morgan fingerprint density at radius 1 is 0.185 bits per heavy atom. The molecule has 3 aliphatic heterocycles. The van der Waals surface area contributed by atoms with E-state index in [2.05, 4.69) is 34.9 Å². The Morgan fingerprint density at radius 2 is 0.371 bits per heavy atom. The Bertz CT molecular complexity index is 7430. The van der Waals surface area contributed by atoms with Crippen LogP contribution in [0.2, 0.25) is 0 Å². The summed E-state index contributed by atoms with van der Waals surface area (Å²) in [6, 6.07) is 3.32. The van der Waals surface area contributed by atoms with Crippen molar-refractivity contribution in [2.24, 2.45) is 0 Å². The van der Waals surface area contributed by atoms with Crippen molar-refractivity contribution in [3.05, 3.63) is 305 Å². The summed E-state index contributed by atoms with van der Waals surface area (Å²) in [6.07, 6.45) is 4.00. The highest BCUT2D eigenvalue weighted by molar-refractivity contribution is 6.04. The molecule has 7 aromatic carbocycles. The van der Waals surface area contributed by atoms with Gasteiger partial charge in [0.1, 0.15) is 5.65 Å². The summed E-state index contributed by atoms with van der Waals surface area (Å²) in [5.74, 6) is -102. The number of aromatic nitrogens is 8. The zero-order chi connectivity index (χ0) is 89.5. The molecule has 0 radical (unpaired) electrons. The van der Waals surface area contributed by atoms with Crippen molar-refractivity contribution in [3.63, 3.8) is 0 Å². The van der Waals surface area contributed by atoms with E-state index >= 15 is 154 Å². The molecule has 8 nitrogen and oxygen atoms in total. The van der Waals surface area contributed by atoms with Crippen molar-refractivity contribution in [3.8, 4) is 77.9 Å². The molecule has 124 heavy (non-hydrogen) atoms. The van der Waals surface area contributed by atoms with E-state index in [-0.39, 0.29) is 0 Å². The Hall–Kier alpha value is -14.6. The molecule has 0 spiro atoms. The summed E-state index contributed by atoms with van der Waals surface area (Å²) >= 11 is 0. The molecular weight excluding hydrogens is 1750 g/mol. The monoisotopic (exact) mass is 1770 g/mol. The molecule has 0 aliphatic carbocycles. The number of benzene rings is 7. The largest absolute Gasteiger partial charge is 0.354 e. The fourth-order valence-corrected chi connectivity index (χ4v) is 14.1. The second-order valence-electron chi connectivity index (χ2n) is 26.3. The lowest BCUT2D eigenvalue weighted by Crippen LogP contribution is -2.06. The molecule has 43 heteroatoms. The van der Waals surface area contributed by atoms with Crippen LogP contribution in [0, 0.1) is 204 Å². The quantitative estimate of drug-likeness (QED) is 0.0725. The molecule has 14 bridgehead atoms. The number of rotatable bonds is 7. The van der Waals surface area contributed by atoms with Gasteiger partial charge in [-0.2, -0.15) is 0 Å². The van der Waals surface area contributed by atoms with E-state index in [9.17, 15) is 0 Å². The van der Waals surface area contributed by atoms with Crippen molar-refractivity contribution >= 4 is 86.0 Å². The summed E-state index contributed by atoms with van der Waals surface area (Å²) in [5, 5.41) is -2.05. The van der Waals surface area contributed by atoms with Crippen LogP contribution in [0.1, 0.15) is 34.2 Å². The average molecular weight is 1770 g/mol. The third kappa shape index (κ3) is 12.3. The summed E-state index contributed by atoms with van der Waals surface area (Å²) in [5.41, 5.74) is -44.0. The lowest BCUT2D eigenvalue weighted by molar-refractivity contribution is 0.381. The topological polar surface area (TPSA) is 106 Å². The van der Waals surface area contributed by atoms with Crippen molar-refractivity contribution in [2.75, 3.05) is 0 Å². The van der Waals surface area contributed by atoms with Crippen LogP contribution in [0.3, 0.4) is 0 Å². The highest BCUT2D eigenvalue weighted by atomic mass is 19.2. The van der Waals surface area contributed by atoms with Crippen molar-refractivity contribution in [1.29, 1.82) is 0 Å². The van der Waals surface area contributed by atoms with E-state index in [0.717, 1.165) is 0 Å². The standard InChI is InChI=1S/C81H21F35N8/c82-46-39(47(83)61(97)74(110)60(46)96)32-18-14-16-124(17-18)81-19(13-15-117-81)33(40-48(84)62(98)75(111)63(99)49(40)85)21-2-4-23(119-21)35(42-52(88)66(102)77(113)67(103)53(42)89)25-6-8-27(121-25)37(44-56(92)70(106)79(115)71(107)57(44)93)29-10-12-31(123-29)38(45-58(94)72(108)80(116)73(109)59(45)95)30-11-9-28(122-30)36(43-54(90)68(104)78(114)69(105)55(43)91)26-7-5-24(120-26)34(22-3-1-20(32)118-22)41-50(86)64(100)76(112)65(101)51(41)87/h1-17,117,120-122H. The lowest BCUT2D eigenvalue weighted by atomic mass is 9.99. The molecule has 0 saturated heterocycles. The minimum absolute atomic E-state index is 0.293. The van der Waals surface area contributed by atoms with Crippen LogP contribution in [-0.4, -0.2) is 39.3 Å². The highest BCUT2D eigenvalue weighted by Gasteiger charge is 2.39. The van der Waals surface area contributed by atoms with Crippen molar-refractivity contribution < 1.29 is 154 Å². The van der Waals surface area contributed by atoms with E-state index in [1.165, 1.54) is 0 Å². The number of fused-ring (bicyclic) bond motifs is 16. The molecule has 6 aromatic heterocycles. The van der Waals surface area contributed by atoms with Crippen LogP contribution >= 0.6 is 0 Å². The van der Waals surface area contributed by atoms with Gasteiger partial charge in [0.15, 0.2) is 163 Å². The van der Waals surface area contributed by atoms with E-state index in [1.54, 1.807) is 0 Å². The lowest BCUT2D eigenvalue weighted by Gasteiger charge is -2.11. The average Bonchev–Trinajstić information content (AvgIpc) is 1.60. The van der Waals surface area contributed by atoms with E-state index in [4.69, 9.17) is 0 Å². The maximum Gasteiger partial charge on any atom is 0.200 e. The Morgan fingerprint density at radius 3 is 0.613 bits per heavy atom. The second kappa shape index (κ2) is 29.9. The molecule has 0 fully saturated rings. The highest BCUT2D eigenvalue weighted by Crippen LogP contribution is 2.49. The van der Waals surface area contributed by atoms with E-state index < -0.39 is 365 Å². The molecule has 16 rings (SSSR count). The first-order chi connectivity index (χ1) is 58.6. The fraction of sp³-hybridized carbons (Fsp3) is 0. The minimum atomic E-state index is -3.00. The smallest absolute Gasteiger partial charge is 0.200 e. The normalized spacial score (nSPS) is 12.2. The van der Waals surface area contributed by atoms with Gasteiger partial charge in [-0.1, -0.05) is 0 Å². The number of nitrogens with zero attached hydrogens (tertiary/aromatic N) is 4. The molecule has 0 saturated carbocycles. The Balaban J connectivity index is 1.19. The number of hydrogen-bond donors (Lipinski definition) is 4. The van der Waals surface area contributed by atoms with Crippen LogP contribution in [0.15, 0.2) is 67.1 Å². The summed E-state index contributed by atoms with van der Waals surface area (Å²) in [7, 11) is 0. The Labute approximate surface area is 659 Å². The van der Waals surface area contributed by atoms with Crippen LogP contribution in [0.5, 0.6) is 0 Å². The maximum absolute atomic E-state index is 16.8. The molecule has 9 heterocycles. The SMILES string of the molecule is Fc1c(F)c(F)c(-c2c3nc(c(-c4c(F)c(F)c(F)c(F)c4F)c4ccc([nH]4)c(-c4c(F)c(F)c(F)c(F)c4F)c4ccc([nH]4)c(-c4c(F)c(F)c(F)c(F)c4F)c4nc(c(-c5c(F)c(F)c(F)c(F)c5F)c5ccc([nH]5)c(-c5c(F)c(F)c(F)c(F)c5F)c5nc(c(-c6c(F)c(F)c(F)c(F)c6F)c6cc[nH]c6n6ccc2c6)C=C5)C=C4)C=C3)c(F)c1F. The van der Waals surface area contributed by atoms with Gasteiger partial charge in [-0.05, 0) is 85.0 Å². The van der Waals surface area contributed by atoms with Crippen LogP contribution in [-0.2, 0) is 0 Å². The van der Waals surface area contributed by atoms with Gasteiger partial charge in [0, 0.05) is 101 Å². The summed E-state index contributed by atoms with van der Waals surface area (Å²) < 4.78 is 562. The molecule has 0 atom stereocenters. The van der Waals surface area contributed by atoms with Gasteiger partial charge in [-0.3, -0.25) is 0 Å². The van der Waals surface area contributed by atoms with Crippen molar-refractivity contribution in [2.45, 2.75) is 0 Å². The summed E-state index contributed by atoms with van der Waals surface area (Å²) in [6.45, 7) is 0. The third-order valence-electron chi connectivity index (χ3n) is 19.6. The number of nitrogens with one attached hydrogen (secondary N) is 4. The molecule has 0 unspecified atom stereocenters. The number of hydrogen-bond acceptors (Lipinski definition) is 3. The van der Waals surface area contributed by atoms with Crippen LogP contribution in [0.4, 0.5) is 154 Å². The van der Waals surface area contributed by atoms with Gasteiger partial charge >= 0.3 is 0 Å². The predicted molar refractivity (Wildman–Crippen MR) is 370 cm³/mol. The third-order valence-corrected chi connectivity index (χ3v) is 19.6. The van der Waals surface area contributed by atoms with Crippen LogP contribution in [0.25, 0.3) is 164 Å². The van der Waals surface area contributed by atoms with E-state index in [1.807, 2.05) is 0 Å². The van der Waals surface area contributed by atoms with E-state index in [0.29, 0.717) is 108 Å². The molecule has 13 aromatic rings. The predicted octanol–water partition coefficient (Wildman–Crippen LogP) is 25.7. The van der Waals surface area contributed by atoms with Gasteiger partial charge in [-0.15, -0.1) is 0 Å². The molecule has 4 N–H and O–H groups in total. The zero-order valence-electron chi connectivity index (χ0n) is 58.8. The summed E-state index contributed by atoms with van der Waals surface area (Å²) in [4.78, 5) is 20.5. The maximum atomic E-state index is 16.8. The first-order valence-electron chi connectivity index (χ1n) is 33.7. The van der Waals surface area contributed by atoms with Gasteiger partial charge in [0.2, 0.25) is 40.7 Å². The zero-order valence-corrected chi connectivity index (χ0v) is 58.8. The Kier molecular flexibility index (Phi) is 20.1. The first kappa shape index (κ1) is 83.1. The second-order valence-corrected chi connectivity index (χ2v) is 26.3. The molecular formula is C81H21F35N8. The molecule has 0 amide bonds. The van der Waals surface area contributed by atoms with Gasteiger partial charge < -0.3 is 24.3 Å². The van der Waals surface area contributed by atoms with Gasteiger partial charge in [0.05, 0.1) is 73.1 Å². The first-order valence-corrected chi connectivity index (χ1v) is 33.7. The van der Waals surface area contributed by atoms with Crippen LogP contribution < -0.4 is 0 Å². The van der Waals surface area contributed by atoms with Gasteiger partial charge in [0.25, 0.3) is 0 Å². The fourth-order valence-electron chi connectivity index (χ4n) is 14.1. The van der Waals surface area contributed by atoms with Crippen molar-refractivity contribution in [1.82, 2.24) is 39.3 Å². The number of H-pyrrole nitrogens is 4. The van der Waals surface area contributed by atoms with Gasteiger partial charge in [-0.25, -0.2) is 169 Å². The number of aromatic amines is 4. The number of halogens is 35.